The molecule has 1 rings (SSSR count). The third-order valence-electron chi connectivity index (χ3n) is 0.719. The molecule has 0 saturated heterocycles. The summed E-state index contributed by atoms with van der Waals surface area (Å²) in [5.74, 6) is 0.156. The van der Waals surface area contributed by atoms with Gasteiger partial charge in [-0.2, -0.15) is 9.07 Å². The maximum atomic E-state index is 10.3. The quantitative estimate of drug-likeness (QED) is 0.571. The van der Waals surface area contributed by atoms with Gasteiger partial charge in [0, 0.05) is 0 Å². The molecule has 0 unspecified atom stereocenters. The normalized spacial score (nSPS) is 9.60. The Kier molecular flexibility index (Phi) is 1.76. The third kappa shape index (κ3) is 1.38. The smallest absolute Gasteiger partial charge is 0.299 e. The number of hydrogen-bond acceptors (Lipinski definition) is 5. The summed E-state index contributed by atoms with van der Waals surface area (Å²) in [5, 5.41) is 3.03. The van der Waals surface area contributed by atoms with Gasteiger partial charge in [0.15, 0.2) is 0 Å². The number of amides is 1. The Hall–Kier alpha value is -1.24. The zero-order chi connectivity index (χ0) is 7.56. The van der Waals surface area contributed by atoms with Crippen LogP contribution in [0.2, 0.25) is 0 Å². The molecule has 10 heavy (non-hydrogen) atoms. The van der Waals surface area contributed by atoms with E-state index in [0.29, 0.717) is 11.9 Å². The molecule has 0 atom stereocenters. The van der Waals surface area contributed by atoms with Crippen molar-refractivity contribution in [1.82, 2.24) is 14.2 Å². The number of nitrogens with zero attached hydrogens (tertiary/aromatic N) is 3. The van der Waals surface area contributed by atoms with Crippen LogP contribution in [0.4, 0.5) is 10.7 Å². The van der Waals surface area contributed by atoms with Crippen molar-refractivity contribution in [2.45, 2.75) is 0 Å². The van der Waals surface area contributed by atoms with Gasteiger partial charge in [-0.25, -0.2) is 0 Å². The molecule has 0 fully saturated rings. The highest BCUT2D eigenvalue weighted by Gasteiger charge is 2.02. The monoisotopic (exact) mass is 159 g/mol. The van der Waals surface area contributed by atoms with E-state index < -0.39 is 5.24 Å². The van der Waals surface area contributed by atoms with Crippen LogP contribution in [0, 0.1) is 0 Å². The first-order chi connectivity index (χ1) is 4.70. The van der Waals surface area contributed by atoms with E-state index in [4.69, 9.17) is 11.5 Å². The Morgan fingerprint density at radius 2 is 2.50 bits per heavy atom. The molecule has 0 spiro atoms. The molecule has 7 heteroatoms. The van der Waals surface area contributed by atoms with Gasteiger partial charge in [0.05, 0.1) is 11.9 Å². The lowest BCUT2D eigenvalue weighted by Gasteiger charge is -1.93. The molecule has 1 amide bonds. The van der Waals surface area contributed by atoms with Gasteiger partial charge >= 0.3 is 0 Å². The van der Waals surface area contributed by atoms with E-state index in [-0.39, 0.29) is 5.95 Å². The van der Waals surface area contributed by atoms with Gasteiger partial charge in [-0.1, -0.05) is 0 Å². The second kappa shape index (κ2) is 2.56. The van der Waals surface area contributed by atoms with Gasteiger partial charge in [0.25, 0.3) is 5.24 Å². The van der Waals surface area contributed by atoms with Crippen molar-refractivity contribution in [3.05, 3.63) is 6.33 Å². The fourth-order valence-electron chi connectivity index (χ4n) is 0.396. The number of carbonyl (C=O) groups excluding carboxylic acids is 1. The number of carbonyl (C=O) groups is 1. The van der Waals surface area contributed by atoms with Crippen molar-refractivity contribution in [3.63, 3.8) is 0 Å². The molecule has 4 N–H and O–H groups in total. The topological polar surface area (TPSA) is 99.8 Å². The molecule has 0 bridgehead atoms. The average Bonchev–Trinajstić information content (AvgIpc) is 2.15. The summed E-state index contributed by atoms with van der Waals surface area (Å²) in [6.45, 7) is 0. The van der Waals surface area contributed by atoms with Gasteiger partial charge in [0.1, 0.15) is 6.33 Å². The van der Waals surface area contributed by atoms with E-state index in [9.17, 15) is 4.79 Å². The van der Waals surface area contributed by atoms with Crippen LogP contribution in [0.5, 0.6) is 0 Å². The van der Waals surface area contributed by atoms with Crippen molar-refractivity contribution >= 4 is 23.1 Å². The van der Waals surface area contributed by atoms with E-state index in [2.05, 4.69) is 10.1 Å². The van der Waals surface area contributed by atoms with E-state index in [0.717, 1.165) is 4.09 Å². The van der Waals surface area contributed by atoms with Crippen LogP contribution in [0.1, 0.15) is 0 Å². The lowest BCUT2D eigenvalue weighted by Crippen LogP contribution is -2.08. The van der Waals surface area contributed by atoms with E-state index in [1.54, 1.807) is 0 Å². The predicted octanol–water partition coefficient (Wildman–Crippen LogP) is -0.565. The molecule has 54 valence electrons. The van der Waals surface area contributed by atoms with Crippen molar-refractivity contribution < 1.29 is 4.79 Å². The minimum Gasteiger partial charge on any atom is -0.367 e. The Balaban J connectivity index is 2.74. The van der Waals surface area contributed by atoms with Crippen molar-refractivity contribution in [1.29, 1.82) is 0 Å². The van der Waals surface area contributed by atoms with Crippen molar-refractivity contribution in [3.8, 4) is 0 Å². The first-order valence-electron chi connectivity index (χ1n) is 2.33. The molecule has 0 radical (unpaired) electrons. The average molecular weight is 159 g/mol. The second-order valence-electron chi connectivity index (χ2n) is 1.40. The molecular formula is C3H5N5OS. The summed E-state index contributed by atoms with van der Waals surface area (Å²) in [6, 6.07) is 0. The lowest BCUT2D eigenvalue weighted by atomic mass is 11.1. The molecule has 0 aromatic carbocycles. The Bertz CT molecular complexity index is 245. The number of hydrogen-bond donors (Lipinski definition) is 2. The molecule has 0 aliphatic rings. The third-order valence-corrected chi connectivity index (χ3v) is 1.35. The summed E-state index contributed by atoms with van der Waals surface area (Å²) in [6.07, 6.45) is 1.24. The van der Waals surface area contributed by atoms with E-state index in [1.165, 1.54) is 6.33 Å². The Morgan fingerprint density at radius 3 is 2.90 bits per heavy atom. The van der Waals surface area contributed by atoms with Gasteiger partial charge in [0.2, 0.25) is 5.95 Å². The van der Waals surface area contributed by atoms with Crippen LogP contribution in [-0.4, -0.2) is 19.4 Å². The summed E-state index contributed by atoms with van der Waals surface area (Å²) in [4.78, 5) is 13.8. The number of primary amides is 1. The minimum absolute atomic E-state index is 0.156. The second-order valence-corrected chi connectivity index (χ2v) is 2.33. The van der Waals surface area contributed by atoms with Gasteiger partial charge in [-0.05, 0) is 0 Å². The van der Waals surface area contributed by atoms with Crippen molar-refractivity contribution in [2.75, 3.05) is 5.73 Å². The van der Waals surface area contributed by atoms with Crippen LogP contribution in [0.3, 0.4) is 0 Å². The SMILES string of the molecule is NC(=O)Sn1ncnc1N. The number of rotatable bonds is 1. The highest BCUT2D eigenvalue weighted by Crippen LogP contribution is 2.06. The molecule has 0 saturated carbocycles. The van der Waals surface area contributed by atoms with Crippen LogP contribution < -0.4 is 11.5 Å². The highest BCUT2D eigenvalue weighted by atomic mass is 32.2. The molecule has 0 aliphatic carbocycles. The first kappa shape index (κ1) is 6.87. The first-order valence-corrected chi connectivity index (χ1v) is 3.11. The predicted molar refractivity (Wildman–Crippen MR) is 37.0 cm³/mol. The Labute approximate surface area is 60.7 Å². The minimum atomic E-state index is -0.572. The molecule has 1 heterocycles. The zero-order valence-electron chi connectivity index (χ0n) is 4.89. The van der Waals surface area contributed by atoms with Crippen molar-refractivity contribution in [2.24, 2.45) is 5.73 Å². The molecule has 0 aliphatic heterocycles. The summed E-state index contributed by atoms with van der Waals surface area (Å²) < 4.78 is 1.14. The number of aromatic nitrogens is 3. The molecule has 1 aromatic heterocycles. The molecule has 1 aromatic rings. The highest BCUT2D eigenvalue weighted by molar-refractivity contribution is 8.12. The maximum absolute atomic E-state index is 10.3. The van der Waals surface area contributed by atoms with Crippen LogP contribution >= 0.6 is 11.9 Å². The van der Waals surface area contributed by atoms with Crippen LogP contribution in [-0.2, 0) is 0 Å². The van der Waals surface area contributed by atoms with E-state index >= 15 is 0 Å². The molecular weight excluding hydrogens is 154 g/mol. The summed E-state index contributed by atoms with van der Waals surface area (Å²) >= 11 is 0.689. The lowest BCUT2D eigenvalue weighted by molar-refractivity contribution is 0.267. The fraction of sp³-hybridized carbons (Fsp3) is 0. The standard InChI is InChI=1S/C3H5N5OS/c4-2-6-1-7-8(2)10-3(5)9/h1H,(H2,5,9)(H2,4,6,7). The zero-order valence-corrected chi connectivity index (χ0v) is 5.71. The van der Waals surface area contributed by atoms with E-state index in [1.807, 2.05) is 0 Å². The maximum Gasteiger partial charge on any atom is 0.299 e. The fourth-order valence-corrected chi connectivity index (χ4v) is 0.796. The number of anilines is 1. The van der Waals surface area contributed by atoms with Gasteiger partial charge in [-0.3, -0.25) is 4.79 Å². The summed E-state index contributed by atoms with van der Waals surface area (Å²) in [5.41, 5.74) is 10.1. The van der Waals surface area contributed by atoms with Crippen LogP contribution in [0.25, 0.3) is 0 Å². The number of nitrogen functional groups attached to an aromatic ring is 1. The number of nitrogens with two attached hydrogens (primary N) is 2. The molecule has 6 nitrogen and oxygen atoms in total. The summed E-state index contributed by atoms with van der Waals surface area (Å²) in [7, 11) is 0. The van der Waals surface area contributed by atoms with Gasteiger partial charge in [-0.15, -0.1) is 5.10 Å². The van der Waals surface area contributed by atoms with Crippen LogP contribution in [0.15, 0.2) is 6.33 Å². The Morgan fingerprint density at radius 1 is 1.80 bits per heavy atom. The largest absolute Gasteiger partial charge is 0.367 e. The van der Waals surface area contributed by atoms with Gasteiger partial charge < -0.3 is 11.5 Å².